The summed E-state index contributed by atoms with van der Waals surface area (Å²) in [6, 6.07) is 4.32. The molecule has 0 unspecified atom stereocenters. The van der Waals surface area contributed by atoms with Crippen molar-refractivity contribution in [3.8, 4) is 0 Å². The highest BCUT2D eigenvalue weighted by Crippen LogP contribution is 2.18. The molecule has 7 heteroatoms. The van der Waals surface area contributed by atoms with Gasteiger partial charge in [-0.25, -0.2) is 17.9 Å². The highest BCUT2D eigenvalue weighted by Gasteiger charge is 2.17. The quantitative estimate of drug-likeness (QED) is 0.643. The van der Waals surface area contributed by atoms with Crippen LogP contribution in [0.4, 0.5) is 0 Å². The van der Waals surface area contributed by atoms with E-state index in [4.69, 9.17) is 4.74 Å². The first-order valence-electron chi connectivity index (χ1n) is 4.82. The fourth-order valence-electron chi connectivity index (χ4n) is 1.15. The van der Waals surface area contributed by atoms with E-state index >= 15 is 0 Å². The Labute approximate surface area is 114 Å². The molecule has 0 fully saturated rings. The summed E-state index contributed by atoms with van der Waals surface area (Å²) in [5.74, 6) is -0.523. The number of ether oxygens (including phenoxy) is 1. The number of halogens is 1. The molecule has 1 aromatic carbocycles. The van der Waals surface area contributed by atoms with Crippen molar-refractivity contribution in [3.63, 3.8) is 0 Å². The SMILES string of the molecule is CCOC(=O)c1cc(S(=O)(=O)NC)ccc1I. The van der Waals surface area contributed by atoms with Crippen LogP contribution in [0, 0.1) is 3.57 Å². The standard InChI is InChI=1S/C10H12INO4S/c1-3-16-10(13)8-6-7(4-5-9(8)11)17(14,15)12-2/h4-6,12H,3H2,1-2H3. The van der Waals surface area contributed by atoms with E-state index in [1.165, 1.54) is 19.2 Å². The number of nitrogens with one attached hydrogen (secondary N) is 1. The van der Waals surface area contributed by atoms with Gasteiger partial charge in [-0.1, -0.05) is 0 Å². The molecule has 0 amide bonds. The molecule has 5 nitrogen and oxygen atoms in total. The topological polar surface area (TPSA) is 72.5 Å². The fourth-order valence-corrected chi connectivity index (χ4v) is 2.47. The minimum Gasteiger partial charge on any atom is -0.462 e. The smallest absolute Gasteiger partial charge is 0.339 e. The van der Waals surface area contributed by atoms with Gasteiger partial charge in [0.1, 0.15) is 0 Å². The van der Waals surface area contributed by atoms with Gasteiger partial charge in [-0.05, 0) is 54.8 Å². The molecule has 1 N–H and O–H groups in total. The van der Waals surface area contributed by atoms with Crippen LogP contribution in [0.5, 0.6) is 0 Å². The fraction of sp³-hybridized carbons (Fsp3) is 0.300. The van der Waals surface area contributed by atoms with Crippen LogP contribution in [0.15, 0.2) is 23.1 Å². The van der Waals surface area contributed by atoms with Crippen LogP contribution in [-0.4, -0.2) is 28.0 Å². The molecule has 0 saturated carbocycles. The zero-order valence-electron chi connectivity index (χ0n) is 9.36. The molecular formula is C10H12INO4S. The van der Waals surface area contributed by atoms with Crippen molar-refractivity contribution >= 4 is 38.6 Å². The van der Waals surface area contributed by atoms with Crippen molar-refractivity contribution in [2.24, 2.45) is 0 Å². The molecule has 17 heavy (non-hydrogen) atoms. The van der Waals surface area contributed by atoms with Crippen LogP contribution in [0.25, 0.3) is 0 Å². The van der Waals surface area contributed by atoms with Gasteiger partial charge >= 0.3 is 5.97 Å². The average molecular weight is 369 g/mol. The first kappa shape index (κ1) is 14.4. The molecule has 0 atom stereocenters. The van der Waals surface area contributed by atoms with E-state index in [9.17, 15) is 13.2 Å². The first-order chi connectivity index (χ1) is 7.92. The van der Waals surface area contributed by atoms with E-state index in [0.717, 1.165) is 0 Å². The molecular weight excluding hydrogens is 357 g/mol. The minimum atomic E-state index is -3.55. The molecule has 94 valence electrons. The second kappa shape index (κ2) is 5.78. The summed E-state index contributed by atoms with van der Waals surface area (Å²) in [5.41, 5.74) is 0.253. The molecule has 1 aromatic rings. The van der Waals surface area contributed by atoms with Crippen LogP contribution < -0.4 is 4.72 Å². The lowest BCUT2D eigenvalue weighted by Crippen LogP contribution is -2.19. The number of carbonyl (C=O) groups excluding carboxylic acids is 1. The Hall–Kier alpha value is -0.670. The van der Waals surface area contributed by atoms with Gasteiger partial charge in [-0.2, -0.15) is 0 Å². The third-order valence-corrected chi connectivity index (χ3v) is 4.36. The Bertz CT molecular complexity index is 527. The minimum absolute atomic E-state index is 0.0449. The highest BCUT2D eigenvalue weighted by atomic mass is 127. The maximum absolute atomic E-state index is 11.6. The van der Waals surface area contributed by atoms with Gasteiger partial charge in [0.2, 0.25) is 10.0 Å². The lowest BCUT2D eigenvalue weighted by molar-refractivity contribution is 0.0525. The third kappa shape index (κ3) is 3.39. The molecule has 0 heterocycles. The van der Waals surface area contributed by atoms with E-state index in [-0.39, 0.29) is 17.1 Å². The Balaban J connectivity index is 3.25. The molecule has 1 rings (SSSR count). The lowest BCUT2D eigenvalue weighted by atomic mass is 10.2. The number of sulfonamides is 1. The van der Waals surface area contributed by atoms with E-state index in [0.29, 0.717) is 3.57 Å². The molecule has 0 bridgehead atoms. The summed E-state index contributed by atoms with van der Waals surface area (Å²) in [4.78, 5) is 11.6. The Kier molecular flexibility index (Phi) is 4.90. The van der Waals surface area contributed by atoms with Crippen LogP contribution in [0.3, 0.4) is 0 Å². The molecule has 0 aliphatic heterocycles. The number of hydrogen-bond acceptors (Lipinski definition) is 4. The van der Waals surface area contributed by atoms with E-state index in [1.54, 1.807) is 13.0 Å². The summed E-state index contributed by atoms with van der Waals surface area (Å²) in [6.07, 6.45) is 0. The number of benzene rings is 1. The van der Waals surface area contributed by atoms with Crippen molar-refractivity contribution in [3.05, 3.63) is 27.3 Å². The summed E-state index contributed by atoms with van der Waals surface area (Å²) in [7, 11) is -2.23. The largest absolute Gasteiger partial charge is 0.462 e. The van der Waals surface area contributed by atoms with Gasteiger partial charge in [0, 0.05) is 3.57 Å². The molecule has 0 aliphatic rings. The van der Waals surface area contributed by atoms with Gasteiger partial charge < -0.3 is 4.74 Å². The average Bonchev–Trinajstić information content (AvgIpc) is 2.29. The summed E-state index contributed by atoms with van der Waals surface area (Å²) >= 11 is 1.96. The first-order valence-corrected chi connectivity index (χ1v) is 7.38. The van der Waals surface area contributed by atoms with Crippen LogP contribution >= 0.6 is 22.6 Å². The number of hydrogen-bond donors (Lipinski definition) is 1. The monoisotopic (exact) mass is 369 g/mol. The van der Waals surface area contributed by atoms with Crippen molar-refractivity contribution in [2.75, 3.05) is 13.7 Å². The Morgan fingerprint density at radius 1 is 1.47 bits per heavy atom. The van der Waals surface area contributed by atoms with E-state index < -0.39 is 16.0 Å². The molecule has 0 spiro atoms. The predicted molar refractivity (Wildman–Crippen MR) is 71.4 cm³/mol. The van der Waals surface area contributed by atoms with Crippen LogP contribution in [-0.2, 0) is 14.8 Å². The number of esters is 1. The summed E-state index contributed by atoms with van der Waals surface area (Å²) in [5, 5.41) is 0. The van der Waals surface area contributed by atoms with Gasteiger partial charge in [0.05, 0.1) is 17.1 Å². The zero-order chi connectivity index (χ0) is 13.1. The maximum atomic E-state index is 11.6. The van der Waals surface area contributed by atoms with Gasteiger partial charge in [0.15, 0.2) is 0 Å². The zero-order valence-corrected chi connectivity index (χ0v) is 12.3. The van der Waals surface area contributed by atoms with Crippen molar-refractivity contribution in [2.45, 2.75) is 11.8 Å². The van der Waals surface area contributed by atoms with E-state index in [2.05, 4.69) is 4.72 Å². The summed E-state index contributed by atoms with van der Waals surface area (Å²) in [6.45, 7) is 1.94. The molecule has 0 saturated heterocycles. The Morgan fingerprint density at radius 2 is 2.12 bits per heavy atom. The normalized spacial score (nSPS) is 11.2. The molecule has 0 aromatic heterocycles. The third-order valence-electron chi connectivity index (χ3n) is 2.01. The van der Waals surface area contributed by atoms with Crippen molar-refractivity contribution in [1.29, 1.82) is 0 Å². The van der Waals surface area contributed by atoms with Gasteiger partial charge in [-0.15, -0.1) is 0 Å². The lowest BCUT2D eigenvalue weighted by Gasteiger charge is -2.07. The van der Waals surface area contributed by atoms with Gasteiger partial charge in [-0.3, -0.25) is 0 Å². The van der Waals surface area contributed by atoms with Gasteiger partial charge in [0.25, 0.3) is 0 Å². The van der Waals surface area contributed by atoms with E-state index in [1.807, 2.05) is 22.6 Å². The highest BCUT2D eigenvalue weighted by molar-refractivity contribution is 14.1. The molecule has 0 radical (unpaired) electrons. The van der Waals surface area contributed by atoms with Crippen molar-refractivity contribution < 1.29 is 17.9 Å². The predicted octanol–water partition coefficient (Wildman–Crippen LogP) is 1.38. The summed E-state index contributed by atoms with van der Waals surface area (Å²) < 4.78 is 30.9. The van der Waals surface area contributed by atoms with Crippen LogP contribution in [0.1, 0.15) is 17.3 Å². The number of carbonyl (C=O) groups is 1. The number of rotatable bonds is 4. The maximum Gasteiger partial charge on any atom is 0.339 e. The molecule has 0 aliphatic carbocycles. The van der Waals surface area contributed by atoms with Crippen LogP contribution in [0.2, 0.25) is 0 Å². The van der Waals surface area contributed by atoms with Crippen molar-refractivity contribution in [1.82, 2.24) is 4.72 Å². The Morgan fingerprint density at radius 3 is 2.65 bits per heavy atom. The second-order valence-electron chi connectivity index (χ2n) is 3.07. The second-order valence-corrected chi connectivity index (χ2v) is 6.12.